The molecule has 0 spiro atoms. The Morgan fingerprint density at radius 2 is 1.75 bits per heavy atom. The number of hydrogen-bond acceptors (Lipinski definition) is 4. The summed E-state index contributed by atoms with van der Waals surface area (Å²) in [6, 6.07) is 9.98. The zero-order valence-electron chi connectivity index (χ0n) is 9.17. The molecule has 2 N–H and O–H groups in total. The molecule has 0 saturated carbocycles. The Balaban J connectivity index is 2.24. The van der Waals surface area contributed by atoms with Gasteiger partial charge in [-0.2, -0.15) is 0 Å². The number of benzene rings is 1. The van der Waals surface area contributed by atoms with E-state index in [2.05, 4.69) is 9.97 Å². The van der Waals surface area contributed by atoms with Crippen LogP contribution < -0.4 is 10.6 Å². The lowest BCUT2D eigenvalue weighted by atomic mass is 10.3. The largest absolute Gasteiger partial charge is 0.326 e. The summed E-state index contributed by atoms with van der Waals surface area (Å²) in [7, 11) is 1.94. The maximum atomic E-state index is 5.49. The van der Waals surface area contributed by atoms with Gasteiger partial charge >= 0.3 is 0 Å². The number of hydrogen-bond donors (Lipinski definition) is 1. The highest BCUT2D eigenvalue weighted by Crippen LogP contribution is 2.18. The van der Waals surface area contributed by atoms with Crippen molar-refractivity contribution in [2.24, 2.45) is 5.73 Å². The molecule has 0 atom stereocenters. The van der Waals surface area contributed by atoms with Crippen LogP contribution in [0.4, 0.5) is 11.6 Å². The summed E-state index contributed by atoms with van der Waals surface area (Å²) in [5.41, 5.74) is 7.49. The Hall–Kier alpha value is -1.94. The molecule has 2 rings (SSSR count). The van der Waals surface area contributed by atoms with Gasteiger partial charge in [-0.3, -0.25) is 0 Å². The molecule has 0 amide bonds. The standard InChI is InChI=1S/C12H14N4/c1-16(11-5-3-2-4-6-11)12-14-8-10(7-13)9-15-12/h2-6,8-9H,7,13H2,1H3. The van der Waals surface area contributed by atoms with Gasteiger partial charge in [-0.1, -0.05) is 18.2 Å². The van der Waals surface area contributed by atoms with E-state index in [-0.39, 0.29) is 0 Å². The van der Waals surface area contributed by atoms with E-state index in [4.69, 9.17) is 5.73 Å². The Labute approximate surface area is 94.8 Å². The van der Waals surface area contributed by atoms with Crippen molar-refractivity contribution >= 4 is 11.6 Å². The van der Waals surface area contributed by atoms with E-state index in [0.29, 0.717) is 12.5 Å². The van der Waals surface area contributed by atoms with Gasteiger partial charge in [-0.05, 0) is 12.1 Å². The molecule has 82 valence electrons. The van der Waals surface area contributed by atoms with Crippen LogP contribution >= 0.6 is 0 Å². The van der Waals surface area contributed by atoms with Gasteiger partial charge in [0, 0.05) is 37.2 Å². The summed E-state index contributed by atoms with van der Waals surface area (Å²) in [5.74, 6) is 0.670. The Bertz CT molecular complexity index is 438. The summed E-state index contributed by atoms with van der Waals surface area (Å²) in [6.07, 6.45) is 3.50. The molecule has 0 fully saturated rings. The lowest BCUT2D eigenvalue weighted by molar-refractivity contribution is 0.977. The zero-order valence-corrected chi connectivity index (χ0v) is 9.17. The normalized spacial score (nSPS) is 10.1. The Morgan fingerprint density at radius 3 is 2.31 bits per heavy atom. The third kappa shape index (κ3) is 2.17. The molecule has 1 heterocycles. The molecule has 1 aromatic heterocycles. The molecule has 0 aliphatic carbocycles. The average molecular weight is 214 g/mol. The lowest BCUT2D eigenvalue weighted by Gasteiger charge is -2.16. The predicted molar refractivity (Wildman–Crippen MR) is 64.4 cm³/mol. The fraction of sp³-hybridized carbons (Fsp3) is 0.167. The van der Waals surface area contributed by atoms with Gasteiger partial charge in [0.05, 0.1) is 0 Å². The minimum absolute atomic E-state index is 0.468. The van der Waals surface area contributed by atoms with E-state index in [1.165, 1.54) is 0 Å². The van der Waals surface area contributed by atoms with Crippen LogP contribution in [0.2, 0.25) is 0 Å². The van der Waals surface area contributed by atoms with E-state index in [1.807, 2.05) is 42.3 Å². The van der Waals surface area contributed by atoms with Crippen LogP contribution in [0.1, 0.15) is 5.56 Å². The van der Waals surface area contributed by atoms with E-state index >= 15 is 0 Å². The number of rotatable bonds is 3. The SMILES string of the molecule is CN(c1ccccc1)c1ncc(CN)cn1. The summed E-state index contributed by atoms with van der Waals surface area (Å²) >= 11 is 0. The second-order valence-corrected chi connectivity index (χ2v) is 3.49. The number of para-hydroxylation sites is 1. The van der Waals surface area contributed by atoms with Crippen molar-refractivity contribution in [2.75, 3.05) is 11.9 Å². The van der Waals surface area contributed by atoms with Gasteiger partial charge in [-0.25, -0.2) is 9.97 Å². The molecule has 0 unspecified atom stereocenters. The number of nitrogens with two attached hydrogens (primary N) is 1. The third-order valence-corrected chi connectivity index (χ3v) is 2.37. The Morgan fingerprint density at radius 1 is 1.12 bits per heavy atom. The van der Waals surface area contributed by atoms with Crippen LogP contribution in [0.25, 0.3) is 0 Å². The lowest BCUT2D eigenvalue weighted by Crippen LogP contribution is -2.13. The first kappa shape index (κ1) is 10.6. The summed E-state index contributed by atoms with van der Waals surface area (Å²) in [5, 5.41) is 0. The van der Waals surface area contributed by atoms with E-state index < -0.39 is 0 Å². The van der Waals surface area contributed by atoms with Crippen LogP contribution in [0.5, 0.6) is 0 Å². The van der Waals surface area contributed by atoms with Crippen LogP contribution in [0.15, 0.2) is 42.7 Å². The average Bonchev–Trinajstić information content (AvgIpc) is 2.39. The highest BCUT2D eigenvalue weighted by atomic mass is 15.2. The summed E-state index contributed by atoms with van der Waals surface area (Å²) in [4.78, 5) is 10.5. The van der Waals surface area contributed by atoms with Crippen molar-refractivity contribution in [1.82, 2.24) is 9.97 Å². The van der Waals surface area contributed by atoms with Crippen LogP contribution in [0.3, 0.4) is 0 Å². The second-order valence-electron chi connectivity index (χ2n) is 3.49. The fourth-order valence-corrected chi connectivity index (χ4v) is 1.39. The molecule has 0 bridgehead atoms. The molecule has 1 aromatic carbocycles. The first-order valence-corrected chi connectivity index (χ1v) is 5.11. The van der Waals surface area contributed by atoms with Gasteiger partial charge < -0.3 is 10.6 Å². The van der Waals surface area contributed by atoms with Crippen molar-refractivity contribution in [1.29, 1.82) is 0 Å². The van der Waals surface area contributed by atoms with Gasteiger partial charge in [0.15, 0.2) is 0 Å². The van der Waals surface area contributed by atoms with E-state index in [1.54, 1.807) is 12.4 Å². The monoisotopic (exact) mass is 214 g/mol. The minimum Gasteiger partial charge on any atom is -0.326 e. The maximum absolute atomic E-state index is 5.49. The summed E-state index contributed by atoms with van der Waals surface area (Å²) < 4.78 is 0. The predicted octanol–water partition coefficient (Wildman–Crippen LogP) is 1.70. The van der Waals surface area contributed by atoms with Crippen LogP contribution in [-0.2, 0) is 6.54 Å². The molecule has 0 radical (unpaired) electrons. The second kappa shape index (κ2) is 4.72. The van der Waals surface area contributed by atoms with Crippen molar-refractivity contribution in [3.63, 3.8) is 0 Å². The van der Waals surface area contributed by atoms with Crippen molar-refractivity contribution in [3.8, 4) is 0 Å². The maximum Gasteiger partial charge on any atom is 0.229 e. The smallest absolute Gasteiger partial charge is 0.229 e. The Kier molecular flexibility index (Phi) is 3.12. The molecule has 4 nitrogen and oxygen atoms in total. The number of anilines is 2. The topological polar surface area (TPSA) is 55.0 Å². The highest BCUT2D eigenvalue weighted by molar-refractivity contribution is 5.55. The third-order valence-electron chi connectivity index (χ3n) is 2.37. The van der Waals surface area contributed by atoms with Gasteiger partial charge in [0.2, 0.25) is 5.95 Å². The molecule has 16 heavy (non-hydrogen) atoms. The zero-order chi connectivity index (χ0) is 11.4. The first-order chi connectivity index (χ1) is 7.81. The van der Waals surface area contributed by atoms with Gasteiger partial charge in [-0.15, -0.1) is 0 Å². The van der Waals surface area contributed by atoms with Gasteiger partial charge in [0.25, 0.3) is 0 Å². The molecule has 4 heteroatoms. The molecule has 2 aromatic rings. The molecular weight excluding hydrogens is 200 g/mol. The minimum atomic E-state index is 0.468. The van der Waals surface area contributed by atoms with Crippen molar-refractivity contribution in [3.05, 3.63) is 48.3 Å². The van der Waals surface area contributed by atoms with Crippen LogP contribution in [0, 0.1) is 0 Å². The molecule has 0 aliphatic rings. The number of nitrogens with zero attached hydrogens (tertiary/aromatic N) is 3. The number of aromatic nitrogens is 2. The van der Waals surface area contributed by atoms with Gasteiger partial charge in [0.1, 0.15) is 0 Å². The van der Waals surface area contributed by atoms with Crippen molar-refractivity contribution < 1.29 is 0 Å². The molecule has 0 saturated heterocycles. The van der Waals surface area contributed by atoms with E-state index in [9.17, 15) is 0 Å². The fourth-order valence-electron chi connectivity index (χ4n) is 1.39. The van der Waals surface area contributed by atoms with Crippen molar-refractivity contribution in [2.45, 2.75) is 6.54 Å². The highest BCUT2D eigenvalue weighted by Gasteiger charge is 2.05. The molecule has 0 aliphatic heterocycles. The van der Waals surface area contributed by atoms with E-state index in [0.717, 1.165) is 11.3 Å². The molecular formula is C12H14N4. The van der Waals surface area contributed by atoms with Crippen LogP contribution in [-0.4, -0.2) is 17.0 Å². The first-order valence-electron chi connectivity index (χ1n) is 5.11. The quantitative estimate of drug-likeness (QED) is 0.845. The summed E-state index contributed by atoms with van der Waals surface area (Å²) in [6.45, 7) is 0.468.